The Bertz CT molecular complexity index is 601. The number of carbonyl (C=O) groups excluding carboxylic acids is 1. The van der Waals surface area contributed by atoms with Gasteiger partial charge >= 0.3 is 0 Å². The summed E-state index contributed by atoms with van der Waals surface area (Å²) in [6, 6.07) is 10.7. The van der Waals surface area contributed by atoms with Crippen molar-refractivity contribution in [2.24, 2.45) is 0 Å². The van der Waals surface area contributed by atoms with Crippen LogP contribution in [0.25, 0.3) is 0 Å². The second-order valence-corrected chi connectivity index (χ2v) is 4.36. The molecule has 3 nitrogen and oxygen atoms in total. The molecule has 2 aromatic rings. The van der Waals surface area contributed by atoms with Crippen molar-refractivity contribution in [3.8, 4) is 17.2 Å². The van der Waals surface area contributed by atoms with Crippen LogP contribution in [0.2, 0.25) is 5.02 Å². The normalized spacial score (nSPS) is 10.1. The molecule has 0 saturated carbocycles. The molecule has 0 saturated heterocycles. The highest BCUT2D eigenvalue weighted by molar-refractivity contribution is 6.32. The quantitative estimate of drug-likeness (QED) is 0.590. The number of hydrogen-bond acceptors (Lipinski definition) is 3. The van der Waals surface area contributed by atoms with Gasteiger partial charge in [-0.25, -0.2) is 4.39 Å². The van der Waals surface area contributed by atoms with Crippen LogP contribution in [0.4, 0.5) is 4.39 Å². The average Bonchev–Trinajstić information content (AvgIpc) is 2.41. The summed E-state index contributed by atoms with van der Waals surface area (Å²) in [6.45, 7) is 0.271. The number of hydrogen-bond donors (Lipinski definition) is 0. The van der Waals surface area contributed by atoms with Gasteiger partial charge in [0.1, 0.15) is 29.4 Å². The number of aldehydes is 1. The lowest BCUT2D eigenvalue weighted by atomic mass is 10.3. The second kappa shape index (κ2) is 6.91. The Morgan fingerprint density at radius 2 is 1.95 bits per heavy atom. The molecule has 0 spiro atoms. The van der Waals surface area contributed by atoms with Crippen molar-refractivity contribution in [1.29, 1.82) is 0 Å². The van der Waals surface area contributed by atoms with E-state index in [2.05, 4.69) is 0 Å². The Hall–Kier alpha value is -2.07. The van der Waals surface area contributed by atoms with Crippen molar-refractivity contribution in [1.82, 2.24) is 0 Å². The predicted octanol–water partition coefficient (Wildman–Crippen LogP) is 4.24. The van der Waals surface area contributed by atoms with E-state index in [9.17, 15) is 9.18 Å². The standard InChI is InChI=1S/C15H12ClFO3/c16-14-10-13(5-6-15(14)19-8-2-7-18)20-12-4-1-3-11(17)9-12/h1,3-7,9-10H,2,8H2. The van der Waals surface area contributed by atoms with Crippen LogP contribution in [0.3, 0.4) is 0 Å². The number of carbonyl (C=O) groups is 1. The van der Waals surface area contributed by atoms with E-state index >= 15 is 0 Å². The van der Waals surface area contributed by atoms with Gasteiger partial charge in [-0.05, 0) is 24.3 Å². The van der Waals surface area contributed by atoms with Gasteiger partial charge in [0.15, 0.2) is 0 Å². The molecule has 0 unspecified atom stereocenters. The first-order valence-corrected chi connectivity index (χ1v) is 6.36. The third-order valence-corrected chi connectivity index (χ3v) is 2.72. The molecule has 0 bridgehead atoms. The van der Waals surface area contributed by atoms with Crippen LogP contribution < -0.4 is 9.47 Å². The molecule has 0 atom stereocenters. The van der Waals surface area contributed by atoms with Gasteiger partial charge in [0.05, 0.1) is 11.6 Å². The monoisotopic (exact) mass is 294 g/mol. The fourth-order valence-corrected chi connectivity index (χ4v) is 1.77. The van der Waals surface area contributed by atoms with Crippen molar-refractivity contribution in [3.05, 3.63) is 53.3 Å². The maximum absolute atomic E-state index is 13.0. The summed E-state index contributed by atoms with van der Waals surface area (Å²) in [7, 11) is 0. The van der Waals surface area contributed by atoms with Gasteiger partial charge in [-0.2, -0.15) is 0 Å². The first kappa shape index (κ1) is 14.3. The summed E-state index contributed by atoms with van der Waals surface area (Å²) in [5.41, 5.74) is 0. The van der Waals surface area contributed by atoms with Gasteiger partial charge in [0, 0.05) is 18.6 Å². The van der Waals surface area contributed by atoms with Crippen LogP contribution in [0.15, 0.2) is 42.5 Å². The smallest absolute Gasteiger partial charge is 0.138 e. The molecule has 20 heavy (non-hydrogen) atoms. The third-order valence-electron chi connectivity index (χ3n) is 2.43. The van der Waals surface area contributed by atoms with Crippen molar-refractivity contribution in [2.75, 3.05) is 6.61 Å². The minimum absolute atomic E-state index is 0.271. The van der Waals surface area contributed by atoms with Crippen LogP contribution >= 0.6 is 11.6 Å². The predicted molar refractivity (Wildman–Crippen MR) is 74.1 cm³/mol. The highest BCUT2D eigenvalue weighted by Crippen LogP contribution is 2.31. The first-order valence-electron chi connectivity index (χ1n) is 5.98. The van der Waals surface area contributed by atoms with E-state index in [0.29, 0.717) is 28.7 Å². The number of ether oxygens (including phenoxy) is 2. The zero-order chi connectivity index (χ0) is 14.4. The minimum atomic E-state index is -0.373. The molecule has 0 aliphatic carbocycles. The molecule has 0 N–H and O–H groups in total. The highest BCUT2D eigenvalue weighted by atomic mass is 35.5. The summed E-state index contributed by atoms with van der Waals surface area (Å²) in [5, 5.41) is 0.366. The number of benzene rings is 2. The molecule has 0 amide bonds. The van der Waals surface area contributed by atoms with E-state index in [1.165, 1.54) is 12.1 Å². The molecule has 2 aromatic carbocycles. The fourth-order valence-electron chi connectivity index (χ4n) is 1.55. The van der Waals surface area contributed by atoms with Gasteiger partial charge in [-0.15, -0.1) is 0 Å². The van der Waals surface area contributed by atoms with Crippen molar-refractivity contribution in [2.45, 2.75) is 6.42 Å². The summed E-state index contributed by atoms with van der Waals surface area (Å²) >= 11 is 6.04. The lowest BCUT2D eigenvalue weighted by molar-refractivity contribution is -0.108. The maximum atomic E-state index is 13.0. The van der Waals surface area contributed by atoms with Crippen LogP contribution in [-0.4, -0.2) is 12.9 Å². The van der Waals surface area contributed by atoms with Gasteiger partial charge in [0.25, 0.3) is 0 Å². The van der Waals surface area contributed by atoms with Crippen LogP contribution in [-0.2, 0) is 4.79 Å². The molecule has 5 heteroatoms. The number of rotatable bonds is 6. The molecule has 0 aliphatic heterocycles. The van der Waals surface area contributed by atoms with Gasteiger partial charge in [0.2, 0.25) is 0 Å². The second-order valence-electron chi connectivity index (χ2n) is 3.96. The maximum Gasteiger partial charge on any atom is 0.138 e. The highest BCUT2D eigenvalue weighted by Gasteiger charge is 2.05. The lowest BCUT2D eigenvalue weighted by Gasteiger charge is -2.09. The fraction of sp³-hybridized carbons (Fsp3) is 0.133. The first-order chi connectivity index (χ1) is 9.69. The summed E-state index contributed by atoms with van der Waals surface area (Å²) in [4.78, 5) is 10.2. The largest absolute Gasteiger partial charge is 0.492 e. The average molecular weight is 295 g/mol. The SMILES string of the molecule is O=CCCOc1ccc(Oc2cccc(F)c2)cc1Cl. The van der Waals surface area contributed by atoms with Crippen molar-refractivity contribution >= 4 is 17.9 Å². The molecular weight excluding hydrogens is 283 g/mol. The van der Waals surface area contributed by atoms with Crippen LogP contribution in [0.5, 0.6) is 17.2 Å². The zero-order valence-electron chi connectivity index (χ0n) is 10.5. The Morgan fingerprint density at radius 3 is 2.65 bits per heavy atom. The molecule has 2 rings (SSSR count). The van der Waals surface area contributed by atoms with Gasteiger partial charge in [-0.1, -0.05) is 17.7 Å². The Labute approximate surface area is 120 Å². The lowest BCUT2D eigenvalue weighted by Crippen LogP contribution is -1.98. The molecule has 0 radical (unpaired) electrons. The molecular formula is C15H12ClFO3. The van der Waals surface area contributed by atoms with Gasteiger partial charge in [-0.3, -0.25) is 0 Å². The van der Waals surface area contributed by atoms with E-state index in [1.807, 2.05) is 0 Å². The van der Waals surface area contributed by atoms with Crippen LogP contribution in [0, 0.1) is 5.82 Å². The van der Waals surface area contributed by atoms with E-state index in [4.69, 9.17) is 21.1 Å². The van der Waals surface area contributed by atoms with E-state index < -0.39 is 0 Å². The molecule has 0 aromatic heterocycles. The Kier molecular flexibility index (Phi) is 4.96. The molecule has 0 heterocycles. The van der Waals surface area contributed by atoms with Crippen molar-refractivity contribution in [3.63, 3.8) is 0 Å². The summed E-state index contributed by atoms with van der Waals surface area (Å²) in [6.07, 6.45) is 1.08. The zero-order valence-corrected chi connectivity index (χ0v) is 11.3. The molecule has 0 fully saturated rings. The van der Waals surface area contributed by atoms with E-state index in [1.54, 1.807) is 30.3 Å². The molecule has 0 aliphatic rings. The van der Waals surface area contributed by atoms with E-state index in [0.717, 1.165) is 6.29 Å². The Morgan fingerprint density at radius 1 is 1.15 bits per heavy atom. The Balaban J connectivity index is 2.06. The number of halogens is 2. The summed E-state index contributed by atoms with van der Waals surface area (Å²) in [5.74, 6) is 0.960. The third kappa shape index (κ3) is 3.96. The van der Waals surface area contributed by atoms with E-state index in [-0.39, 0.29) is 12.4 Å². The summed E-state index contributed by atoms with van der Waals surface area (Å²) < 4.78 is 23.8. The topological polar surface area (TPSA) is 35.5 Å². The van der Waals surface area contributed by atoms with Crippen LogP contribution in [0.1, 0.15) is 6.42 Å². The molecule has 104 valence electrons. The van der Waals surface area contributed by atoms with Gasteiger partial charge < -0.3 is 14.3 Å². The minimum Gasteiger partial charge on any atom is -0.492 e. The van der Waals surface area contributed by atoms with Crippen molar-refractivity contribution < 1.29 is 18.7 Å².